The fourth-order valence-electron chi connectivity index (χ4n) is 3.58. The van der Waals surface area contributed by atoms with Crippen molar-refractivity contribution in [1.82, 2.24) is 19.7 Å². The highest BCUT2D eigenvalue weighted by Crippen LogP contribution is 2.39. The number of piperidine rings is 1. The third-order valence-electron chi connectivity index (χ3n) is 4.86. The van der Waals surface area contributed by atoms with Gasteiger partial charge in [-0.15, -0.1) is 0 Å². The number of halogens is 3. The lowest BCUT2D eigenvalue weighted by molar-refractivity contribution is -0.179. The number of fused-ring (bicyclic) bond motifs is 1. The summed E-state index contributed by atoms with van der Waals surface area (Å²) in [5.74, 6) is -1.48. The Morgan fingerprint density at radius 1 is 1.07 bits per heavy atom. The average molecular weight is 372 g/mol. The molecule has 0 saturated carbocycles. The van der Waals surface area contributed by atoms with Gasteiger partial charge in [0.05, 0.1) is 23.2 Å². The topological polar surface area (TPSA) is 70.6 Å². The van der Waals surface area contributed by atoms with Gasteiger partial charge in [-0.3, -0.25) is 14.6 Å². The van der Waals surface area contributed by atoms with Crippen molar-refractivity contribution >= 4 is 16.7 Å². The Morgan fingerprint density at radius 3 is 2.52 bits per heavy atom. The lowest BCUT2D eigenvalue weighted by atomic mass is 9.93. The summed E-state index contributed by atoms with van der Waals surface area (Å²) >= 11 is 0. The summed E-state index contributed by atoms with van der Waals surface area (Å²) in [6, 6.07) is 6.56. The number of alkyl halides is 3. The van der Waals surface area contributed by atoms with Crippen LogP contribution in [0.1, 0.15) is 18.0 Å². The number of nitrogens with zero attached hydrogens (tertiary/aromatic N) is 6. The highest BCUT2D eigenvalue weighted by atomic mass is 19.4. The van der Waals surface area contributed by atoms with Crippen molar-refractivity contribution in [2.24, 2.45) is 5.92 Å². The van der Waals surface area contributed by atoms with Crippen molar-refractivity contribution < 1.29 is 13.2 Å². The molecule has 0 bridgehead atoms. The molecule has 0 unspecified atom stereocenters. The van der Waals surface area contributed by atoms with Crippen molar-refractivity contribution in [1.29, 1.82) is 5.26 Å². The number of aromatic nitrogens is 4. The molecule has 0 aliphatic carbocycles. The molecular weight excluding hydrogens is 357 g/mol. The minimum absolute atomic E-state index is 0.0262. The Bertz CT molecular complexity index is 992. The largest absolute Gasteiger partial charge is 0.393 e. The van der Waals surface area contributed by atoms with Crippen molar-refractivity contribution in [3.8, 4) is 6.07 Å². The first-order chi connectivity index (χ1) is 13.0. The third-order valence-corrected chi connectivity index (χ3v) is 4.86. The summed E-state index contributed by atoms with van der Waals surface area (Å²) < 4.78 is 42.2. The van der Waals surface area contributed by atoms with E-state index in [-0.39, 0.29) is 13.0 Å². The van der Waals surface area contributed by atoms with Crippen molar-refractivity contribution in [3.05, 3.63) is 48.5 Å². The van der Waals surface area contributed by atoms with Crippen molar-refractivity contribution in [3.63, 3.8) is 0 Å². The Morgan fingerprint density at radius 2 is 1.85 bits per heavy atom. The normalized spacial score (nSPS) is 20.6. The van der Waals surface area contributed by atoms with Gasteiger partial charge in [-0.2, -0.15) is 23.5 Å². The van der Waals surface area contributed by atoms with Crippen LogP contribution in [0, 0.1) is 17.2 Å². The van der Waals surface area contributed by atoms with Crippen molar-refractivity contribution in [2.75, 3.05) is 18.0 Å². The summed E-state index contributed by atoms with van der Waals surface area (Å²) in [5.41, 5.74) is 1.71. The minimum atomic E-state index is -4.31. The maximum atomic E-state index is 13.6. The Balaban J connectivity index is 1.78. The van der Waals surface area contributed by atoms with Gasteiger partial charge in [0.15, 0.2) is 0 Å². The van der Waals surface area contributed by atoms with Crippen LogP contribution in [0.2, 0.25) is 0 Å². The summed E-state index contributed by atoms with van der Waals surface area (Å²) in [5, 5.41) is 13.4. The van der Waals surface area contributed by atoms with Crippen LogP contribution in [0.3, 0.4) is 0 Å². The lowest BCUT2D eigenvalue weighted by Gasteiger charge is -2.40. The van der Waals surface area contributed by atoms with E-state index in [1.54, 1.807) is 40.2 Å². The quantitative estimate of drug-likeness (QED) is 0.690. The summed E-state index contributed by atoms with van der Waals surface area (Å²) in [7, 11) is 0. The van der Waals surface area contributed by atoms with E-state index in [4.69, 9.17) is 0 Å². The second-order valence-corrected chi connectivity index (χ2v) is 6.52. The smallest absolute Gasteiger partial charge is 0.367 e. The molecule has 9 heteroatoms. The lowest BCUT2D eigenvalue weighted by Crippen LogP contribution is -2.46. The first-order valence-electron chi connectivity index (χ1n) is 8.42. The molecule has 6 nitrogen and oxygen atoms in total. The van der Waals surface area contributed by atoms with Crippen LogP contribution in [-0.4, -0.2) is 39.0 Å². The van der Waals surface area contributed by atoms with Gasteiger partial charge in [-0.05, 0) is 24.6 Å². The maximum absolute atomic E-state index is 13.6. The molecule has 2 aromatic heterocycles. The van der Waals surface area contributed by atoms with Crippen LogP contribution in [0.5, 0.6) is 0 Å². The van der Waals surface area contributed by atoms with Crippen LogP contribution in [0.15, 0.2) is 43.0 Å². The Kier molecular flexibility index (Phi) is 4.18. The van der Waals surface area contributed by atoms with E-state index in [0.29, 0.717) is 28.8 Å². The molecule has 1 aromatic carbocycles. The average Bonchev–Trinajstić information content (AvgIpc) is 3.21. The fourth-order valence-corrected chi connectivity index (χ4v) is 3.58. The number of benzene rings is 1. The van der Waals surface area contributed by atoms with E-state index >= 15 is 0 Å². The molecule has 0 amide bonds. The molecule has 1 aliphatic heterocycles. The summed E-state index contributed by atoms with van der Waals surface area (Å²) in [6.45, 7) is 0.199. The number of hydrogen-bond acceptors (Lipinski definition) is 5. The molecule has 27 heavy (non-hydrogen) atoms. The fraction of sp³-hybridized carbons (Fsp3) is 0.333. The first kappa shape index (κ1) is 17.3. The van der Waals surface area contributed by atoms with E-state index in [1.165, 1.54) is 12.4 Å². The molecule has 1 aliphatic rings. The predicted molar refractivity (Wildman–Crippen MR) is 91.9 cm³/mol. The molecule has 3 aromatic rings. The molecule has 1 fully saturated rings. The molecule has 3 heterocycles. The second-order valence-electron chi connectivity index (χ2n) is 6.52. The standard InChI is InChI=1S/C18H15F3N6/c19-18(20,21)13-8-14(27-7-1-4-25-27)11-26(10-13)15-3-2-12(9-22)16-17(15)24-6-5-23-16/h1-7,13-14H,8,10-11H2/t13-,14+/m0/s1. The van der Waals surface area contributed by atoms with E-state index in [1.807, 2.05) is 6.07 Å². The van der Waals surface area contributed by atoms with Crippen LogP contribution < -0.4 is 4.90 Å². The predicted octanol–water partition coefficient (Wildman–Crippen LogP) is 3.33. The zero-order valence-electron chi connectivity index (χ0n) is 14.1. The monoisotopic (exact) mass is 372 g/mol. The van der Waals surface area contributed by atoms with E-state index < -0.39 is 18.1 Å². The molecular formula is C18H15F3N6. The van der Waals surface area contributed by atoms with Gasteiger partial charge < -0.3 is 4.90 Å². The van der Waals surface area contributed by atoms with E-state index in [0.717, 1.165) is 0 Å². The number of rotatable bonds is 2. The molecule has 0 N–H and O–H groups in total. The van der Waals surface area contributed by atoms with Gasteiger partial charge in [-0.1, -0.05) is 0 Å². The SMILES string of the molecule is N#Cc1ccc(N2C[C@H](n3cccn3)C[C@H](C(F)(F)F)C2)c2nccnc12. The first-order valence-corrected chi connectivity index (χ1v) is 8.42. The van der Waals surface area contributed by atoms with Crippen LogP contribution in [0.4, 0.5) is 18.9 Å². The number of hydrogen-bond donors (Lipinski definition) is 0. The van der Waals surface area contributed by atoms with Gasteiger partial charge in [0.2, 0.25) is 0 Å². The highest BCUT2D eigenvalue weighted by molar-refractivity contribution is 5.92. The van der Waals surface area contributed by atoms with Gasteiger partial charge in [0.1, 0.15) is 17.1 Å². The highest BCUT2D eigenvalue weighted by Gasteiger charge is 2.45. The van der Waals surface area contributed by atoms with Crippen molar-refractivity contribution in [2.45, 2.75) is 18.6 Å². The molecule has 138 valence electrons. The number of nitriles is 1. The molecule has 4 rings (SSSR count). The van der Waals surface area contributed by atoms with Gasteiger partial charge >= 0.3 is 6.18 Å². The van der Waals surface area contributed by atoms with E-state index in [9.17, 15) is 18.4 Å². The van der Waals surface area contributed by atoms with Crippen LogP contribution in [0.25, 0.3) is 11.0 Å². The minimum Gasteiger partial charge on any atom is -0.367 e. The molecule has 0 spiro atoms. The summed E-state index contributed by atoms with van der Waals surface area (Å²) in [6.07, 6.45) is 1.85. The van der Waals surface area contributed by atoms with Gasteiger partial charge in [-0.25, -0.2) is 0 Å². The van der Waals surface area contributed by atoms with Crippen LogP contribution in [-0.2, 0) is 0 Å². The number of anilines is 1. The summed E-state index contributed by atoms with van der Waals surface area (Å²) in [4.78, 5) is 10.1. The van der Waals surface area contributed by atoms with Crippen LogP contribution >= 0.6 is 0 Å². The zero-order valence-corrected chi connectivity index (χ0v) is 14.1. The van der Waals surface area contributed by atoms with Gasteiger partial charge in [0, 0.05) is 37.9 Å². The maximum Gasteiger partial charge on any atom is 0.393 e. The Hall–Kier alpha value is -3.15. The zero-order chi connectivity index (χ0) is 19.0. The van der Waals surface area contributed by atoms with Gasteiger partial charge in [0.25, 0.3) is 0 Å². The Labute approximate surface area is 152 Å². The third kappa shape index (κ3) is 3.18. The molecule has 2 atom stereocenters. The van der Waals surface area contributed by atoms with E-state index in [2.05, 4.69) is 15.1 Å². The molecule has 0 radical (unpaired) electrons. The molecule has 1 saturated heterocycles. The second kappa shape index (κ2) is 6.54.